The number of rotatable bonds is 4. The van der Waals surface area contributed by atoms with E-state index in [0.29, 0.717) is 5.02 Å². The largest absolute Gasteiger partial charge is 0.322 e. The molecule has 0 aliphatic rings. The van der Waals surface area contributed by atoms with Gasteiger partial charge >= 0.3 is 0 Å². The molecule has 26 heavy (non-hydrogen) atoms. The Bertz CT molecular complexity index is 1030. The maximum absolute atomic E-state index is 13.2. The zero-order chi connectivity index (χ0) is 18.7. The Balaban J connectivity index is 1.84. The van der Waals surface area contributed by atoms with Crippen LogP contribution in [0.5, 0.6) is 0 Å². The van der Waals surface area contributed by atoms with Gasteiger partial charge in [0.25, 0.3) is 11.5 Å². The van der Waals surface area contributed by atoms with Crippen LogP contribution in [0.3, 0.4) is 0 Å². The van der Waals surface area contributed by atoms with Crippen molar-refractivity contribution in [2.24, 2.45) is 0 Å². The number of nitrogens with zero attached hydrogens (tertiary/aromatic N) is 1. The number of anilines is 1. The zero-order valence-electron chi connectivity index (χ0n) is 13.4. The summed E-state index contributed by atoms with van der Waals surface area (Å²) in [4.78, 5) is 24.4. The van der Waals surface area contributed by atoms with Crippen molar-refractivity contribution in [2.45, 2.75) is 6.54 Å². The van der Waals surface area contributed by atoms with Crippen molar-refractivity contribution in [3.8, 4) is 0 Å². The van der Waals surface area contributed by atoms with Crippen molar-refractivity contribution in [3.05, 3.63) is 98.9 Å². The lowest BCUT2D eigenvalue weighted by Crippen LogP contribution is -2.22. The molecule has 3 aromatic rings. The molecule has 0 spiro atoms. The van der Waals surface area contributed by atoms with Crippen molar-refractivity contribution in [3.63, 3.8) is 0 Å². The molecule has 0 saturated carbocycles. The molecule has 0 aliphatic carbocycles. The molecule has 7 heteroatoms. The molecule has 0 aliphatic heterocycles. The molecular weight excluding hydrogens is 362 g/mol. The molecule has 1 amide bonds. The fourth-order valence-electron chi connectivity index (χ4n) is 2.38. The van der Waals surface area contributed by atoms with E-state index in [-0.39, 0.29) is 23.4 Å². The van der Waals surface area contributed by atoms with Crippen LogP contribution < -0.4 is 10.9 Å². The second kappa shape index (κ2) is 7.49. The molecule has 4 nitrogen and oxygen atoms in total. The predicted octanol–water partition coefficient (Wildman–Crippen LogP) is 4.08. The van der Waals surface area contributed by atoms with E-state index in [4.69, 9.17) is 11.6 Å². The van der Waals surface area contributed by atoms with Gasteiger partial charge in [0.1, 0.15) is 0 Å². The quantitative estimate of drug-likeness (QED) is 0.748. The predicted molar refractivity (Wildman–Crippen MR) is 95.6 cm³/mol. The van der Waals surface area contributed by atoms with Crippen LogP contribution in [-0.4, -0.2) is 10.5 Å². The number of carbonyl (C=O) groups is 1. The Morgan fingerprint density at radius 2 is 1.81 bits per heavy atom. The van der Waals surface area contributed by atoms with E-state index in [2.05, 4.69) is 5.32 Å². The fraction of sp³-hybridized carbons (Fsp3) is 0.0526. The molecule has 0 radical (unpaired) electrons. The molecule has 0 saturated heterocycles. The van der Waals surface area contributed by atoms with Crippen LogP contribution in [0.1, 0.15) is 15.9 Å². The summed E-state index contributed by atoms with van der Waals surface area (Å²) in [5, 5.41) is 2.97. The number of pyridine rings is 1. The van der Waals surface area contributed by atoms with Gasteiger partial charge in [0.15, 0.2) is 11.6 Å². The maximum Gasteiger partial charge on any atom is 0.257 e. The van der Waals surface area contributed by atoms with Gasteiger partial charge in [-0.15, -0.1) is 0 Å². The first-order valence-corrected chi connectivity index (χ1v) is 8.02. The van der Waals surface area contributed by atoms with E-state index < -0.39 is 17.5 Å². The molecular formula is C19H13ClF2N2O2. The minimum absolute atomic E-state index is 0.109. The van der Waals surface area contributed by atoms with Crippen molar-refractivity contribution in [1.29, 1.82) is 0 Å². The Hall–Kier alpha value is -2.99. The van der Waals surface area contributed by atoms with Gasteiger partial charge in [0.05, 0.1) is 12.1 Å². The number of halogens is 3. The SMILES string of the molecule is O=C(Nc1ccc(F)c(F)c1)c1ccc(=O)n(Cc2ccccc2Cl)c1. The lowest BCUT2D eigenvalue weighted by molar-refractivity contribution is 0.102. The zero-order valence-corrected chi connectivity index (χ0v) is 14.1. The van der Waals surface area contributed by atoms with E-state index in [1.165, 1.54) is 29.0 Å². The number of hydrogen-bond acceptors (Lipinski definition) is 2. The lowest BCUT2D eigenvalue weighted by Gasteiger charge is -2.10. The molecule has 0 fully saturated rings. The van der Waals surface area contributed by atoms with Crippen LogP contribution >= 0.6 is 11.6 Å². The molecule has 0 unspecified atom stereocenters. The first-order chi connectivity index (χ1) is 12.4. The Labute approximate surface area is 152 Å². The maximum atomic E-state index is 13.2. The first kappa shape index (κ1) is 17.8. The van der Waals surface area contributed by atoms with Crippen LogP contribution in [0.25, 0.3) is 0 Å². The average Bonchev–Trinajstić information content (AvgIpc) is 2.62. The monoisotopic (exact) mass is 374 g/mol. The normalized spacial score (nSPS) is 10.6. The van der Waals surface area contributed by atoms with Crippen LogP contribution in [0.15, 0.2) is 65.6 Å². The number of amides is 1. The highest BCUT2D eigenvalue weighted by atomic mass is 35.5. The molecule has 132 valence electrons. The van der Waals surface area contributed by atoms with Gasteiger partial charge in [0.2, 0.25) is 0 Å². The van der Waals surface area contributed by atoms with Crippen LogP contribution in [0.4, 0.5) is 14.5 Å². The summed E-state index contributed by atoms with van der Waals surface area (Å²) in [7, 11) is 0. The van der Waals surface area contributed by atoms with Crippen LogP contribution in [0.2, 0.25) is 5.02 Å². The minimum Gasteiger partial charge on any atom is -0.322 e. The van der Waals surface area contributed by atoms with E-state index in [0.717, 1.165) is 17.7 Å². The molecule has 3 rings (SSSR count). The molecule has 1 heterocycles. The van der Waals surface area contributed by atoms with Crippen molar-refractivity contribution >= 4 is 23.2 Å². The fourth-order valence-corrected chi connectivity index (χ4v) is 2.57. The smallest absolute Gasteiger partial charge is 0.257 e. The third-order valence-corrected chi connectivity index (χ3v) is 4.09. The Morgan fingerprint density at radius 1 is 1.04 bits per heavy atom. The first-order valence-electron chi connectivity index (χ1n) is 7.64. The summed E-state index contributed by atoms with van der Waals surface area (Å²) >= 11 is 6.10. The number of benzene rings is 2. The van der Waals surface area contributed by atoms with E-state index in [1.54, 1.807) is 24.3 Å². The summed E-state index contributed by atoms with van der Waals surface area (Å²) in [6, 6.07) is 12.7. The third-order valence-electron chi connectivity index (χ3n) is 3.72. The van der Waals surface area contributed by atoms with Crippen molar-refractivity contribution < 1.29 is 13.6 Å². The summed E-state index contributed by atoms with van der Waals surface area (Å²) in [6.07, 6.45) is 1.39. The standard InChI is InChI=1S/C19H13ClF2N2O2/c20-15-4-2-1-3-12(15)10-24-11-13(5-8-18(24)25)19(26)23-14-6-7-16(21)17(22)9-14/h1-9,11H,10H2,(H,23,26). The van der Waals surface area contributed by atoms with Gasteiger partial charge in [0, 0.05) is 29.0 Å². The molecule has 2 aromatic carbocycles. The summed E-state index contributed by atoms with van der Waals surface area (Å²) in [5.74, 6) is -2.62. The summed E-state index contributed by atoms with van der Waals surface area (Å²) < 4.78 is 27.6. The number of carbonyl (C=O) groups excluding carboxylic acids is 1. The van der Waals surface area contributed by atoms with Crippen LogP contribution in [0, 0.1) is 11.6 Å². The van der Waals surface area contributed by atoms with Gasteiger partial charge in [-0.25, -0.2) is 8.78 Å². The second-order valence-electron chi connectivity index (χ2n) is 5.56. The van der Waals surface area contributed by atoms with Crippen LogP contribution in [-0.2, 0) is 6.54 Å². The van der Waals surface area contributed by atoms with Crippen molar-refractivity contribution in [2.75, 3.05) is 5.32 Å². The Morgan fingerprint density at radius 3 is 2.54 bits per heavy atom. The highest BCUT2D eigenvalue weighted by Crippen LogP contribution is 2.16. The number of aromatic nitrogens is 1. The Kier molecular flexibility index (Phi) is 5.14. The number of nitrogens with one attached hydrogen (secondary N) is 1. The van der Waals surface area contributed by atoms with E-state index >= 15 is 0 Å². The molecule has 0 bridgehead atoms. The average molecular weight is 375 g/mol. The third kappa shape index (κ3) is 3.97. The van der Waals surface area contributed by atoms with Gasteiger partial charge in [-0.05, 0) is 29.8 Å². The van der Waals surface area contributed by atoms with Gasteiger partial charge in [-0.1, -0.05) is 29.8 Å². The second-order valence-corrected chi connectivity index (χ2v) is 5.97. The highest BCUT2D eigenvalue weighted by Gasteiger charge is 2.11. The molecule has 1 N–H and O–H groups in total. The van der Waals surface area contributed by atoms with Crippen molar-refractivity contribution in [1.82, 2.24) is 4.57 Å². The van der Waals surface area contributed by atoms with Gasteiger partial charge in [-0.2, -0.15) is 0 Å². The summed E-state index contributed by atoms with van der Waals surface area (Å²) in [6.45, 7) is 0.199. The summed E-state index contributed by atoms with van der Waals surface area (Å²) in [5.41, 5.74) is 0.739. The highest BCUT2D eigenvalue weighted by molar-refractivity contribution is 6.31. The lowest BCUT2D eigenvalue weighted by atomic mass is 10.2. The minimum atomic E-state index is -1.06. The number of hydrogen-bond donors (Lipinski definition) is 1. The molecule has 0 atom stereocenters. The molecule has 1 aromatic heterocycles. The van der Waals surface area contributed by atoms with Gasteiger partial charge in [-0.3, -0.25) is 9.59 Å². The van der Waals surface area contributed by atoms with E-state index in [9.17, 15) is 18.4 Å². The van der Waals surface area contributed by atoms with Gasteiger partial charge < -0.3 is 9.88 Å². The van der Waals surface area contributed by atoms with E-state index in [1.807, 2.05) is 0 Å². The topological polar surface area (TPSA) is 51.1 Å².